The molecular weight excluding hydrogens is 465 g/mol. The van der Waals surface area contributed by atoms with Crippen LogP contribution < -0.4 is 15.5 Å². The van der Waals surface area contributed by atoms with Gasteiger partial charge in [-0.25, -0.2) is 0 Å². The molecule has 2 aliphatic rings. The van der Waals surface area contributed by atoms with Crippen LogP contribution in [0.3, 0.4) is 0 Å². The number of aliphatic imine (C=N–C) groups is 1. The zero-order chi connectivity index (χ0) is 19.1. The zero-order valence-corrected chi connectivity index (χ0v) is 19.4. The summed E-state index contributed by atoms with van der Waals surface area (Å²) in [6.07, 6.45) is 4.80. The van der Waals surface area contributed by atoms with E-state index >= 15 is 0 Å². The molecule has 2 atom stereocenters. The number of guanidine groups is 1. The molecule has 2 N–H and O–H groups in total. The maximum absolute atomic E-state index is 12.0. The summed E-state index contributed by atoms with van der Waals surface area (Å²) in [7, 11) is 1.82. The van der Waals surface area contributed by atoms with Crippen molar-refractivity contribution in [3.05, 3.63) is 30.3 Å². The lowest BCUT2D eigenvalue weighted by Crippen LogP contribution is -2.46. The molecule has 0 aromatic heterocycles. The third-order valence-electron chi connectivity index (χ3n) is 5.67. The number of amides is 1. The van der Waals surface area contributed by atoms with Crippen molar-refractivity contribution >= 4 is 41.5 Å². The molecule has 2 saturated heterocycles. The lowest BCUT2D eigenvalue weighted by molar-refractivity contribution is -0.129. The second kappa shape index (κ2) is 11.5. The lowest BCUT2D eigenvalue weighted by atomic mass is 10.1. The van der Waals surface area contributed by atoms with Gasteiger partial charge in [-0.1, -0.05) is 25.1 Å². The Hall–Kier alpha value is -1.51. The second-order valence-electron chi connectivity index (χ2n) is 7.45. The summed E-state index contributed by atoms with van der Waals surface area (Å²) in [6, 6.07) is 11.3. The van der Waals surface area contributed by atoms with Crippen LogP contribution in [0.5, 0.6) is 0 Å². The highest BCUT2D eigenvalue weighted by molar-refractivity contribution is 14.0. The van der Waals surface area contributed by atoms with Crippen LogP contribution in [-0.2, 0) is 4.79 Å². The van der Waals surface area contributed by atoms with Crippen molar-refractivity contribution in [3.63, 3.8) is 0 Å². The first-order chi connectivity index (χ1) is 13.2. The van der Waals surface area contributed by atoms with Crippen molar-refractivity contribution in [1.82, 2.24) is 15.5 Å². The van der Waals surface area contributed by atoms with Crippen molar-refractivity contribution in [2.24, 2.45) is 4.99 Å². The molecule has 28 heavy (non-hydrogen) atoms. The van der Waals surface area contributed by atoms with Crippen molar-refractivity contribution in [1.29, 1.82) is 0 Å². The lowest BCUT2D eigenvalue weighted by Gasteiger charge is -2.27. The highest BCUT2D eigenvalue weighted by Gasteiger charge is 2.27. The number of rotatable bonds is 7. The van der Waals surface area contributed by atoms with Crippen molar-refractivity contribution in [3.8, 4) is 0 Å². The Labute approximate surface area is 186 Å². The molecule has 1 aromatic rings. The largest absolute Gasteiger partial charge is 0.369 e. The zero-order valence-electron chi connectivity index (χ0n) is 17.1. The molecule has 2 fully saturated rings. The normalized spacial score (nSPS) is 20.9. The molecular formula is C21H34IN5O. The molecule has 156 valence electrons. The van der Waals surface area contributed by atoms with E-state index in [4.69, 9.17) is 0 Å². The molecule has 1 aromatic carbocycles. The van der Waals surface area contributed by atoms with Crippen LogP contribution in [-0.4, -0.2) is 62.1 Å². The van der Waals surface area contributed by atoms with E-state index in [2.05, 4.69) is 62.7 Å². The standard InChI is InChI=1S/C21H33N5O.HI/c1-3-18(26-14-7-10-20(26)27)11-13-23-21(22-2)24-17-12-15-25(16-17)19-8-5-4-6-9-19;/h4-6,8-9,17-18H,3,7,10-16H2,1-2H3,(H2,22,23,24);1H. The summed E-state index contributed by atoms with van der Waals surface area (Å²) in [5.74, 6) is 1.17. The molecule has 0 saturated carbocycles. The van der Waals surface area contributed by atoms with Gasteiger partial charge in [-0.15, -0.1) is 24.0 Å². The van der Waals surface area contributed by atoms with E-state index in [0.717, 1.165) is 57.8 Å². The number of nitrogens with one attached hydrogen (secondary N) is 2. The van der Waals surface area contributed by atoms with Crippen LogP contribution in [0.25, 0.3) is 0 Å². The highest BCUT2D eigenvalue weighted by Crippen LogP contribution is 2.20. The van der Waals surface area contributed by atoms with Crippen molar-refractivity contribution in [2.45, 2.75) is 51.1 Å². The molecule has 2 aliphatic heterocycles. The summed E-state index contributed by atoms with van der Waals surface area (Å²) < 4.78 is 0. The predicted octanol–water partition coefficient (Wildman–Crippen LogP) is 2.84. The molecule has 0 aliphatic carbocycles. The van der Waals surface area contributed by atoms with Crippen LogP contribution in [0.15, 0.2) is 35.3 Å². The molecule has 0 bridgehead atoms. The van der Waals surface area contributed by atoms with Gasteiger partial charge in [-0.05, 0) is 37.8 Å². The fourth-order valence-electron chi connectivity index (χ4n) is 4.13. The van der Waals surface area contributed by atoms with Crippen molar-refractivity contribution < 1.29 is 4.79 Å². The molecule has 7 heteroatoms. The number of carbonyl (C=O) groups excluding carboxylic acids is 1. The quantitative estimate of drug-likeness (QED) is 0.344. The van der Waals surface area contributed by atoms with Crippen LogP contribution in [0.1, 0.15) is 39.0 Å². The van der Waals surface area contributed by atoms with E-state index in [-0.39, 0.29) is 24.0 Å². The Bertz CT molecular complexity index is 639. The van der Waals surface area contributed by atoms with Gasteiger partial charge in [0.05, 0.1) is 0 Å². The maximum Gasteiger partial charge on any atom is 0.222 e. The molecule has 2 heterocycles. The van der Waals surface area contributed by atoms with E-state index in [1.54, 1.807) is 0 Å². The van der Waals surface area contributed by atoms with Crippen LogP contribution >= 0.6 is 24.0 Å². The van der Waals surface area contributed by atoms with Gasteiger partial charge in [0.25, 0.3) is 0 Å². The monoisotopic (exact) mass is 499 g/mol. The number of nitrogens with zero attached hydrogens (tertiary/aromatic N) is 3. The minimum absolute atomic E-state index is 0. The number of para-hydroxylation sites is 1. The first-order valence-corrected chi connectivity index (χ1v) is 10.3. The third-order valence-corrected chi connectivity index (χ3v) is 5.67. The Kier molecular flexibility index (Phi) is 9.34. The molecule has 2 unspecified atom stereocenters. The summed E-state index contributed by atoms with van der Waals surface area (Å²) in [4.78, 5) is 20.8. The summed E-state index contributed by atoms with van der Waals surface area (Å²) in [5.41, 5.74) is 1.28. The smallest absolute Gasteiger partial charge is 0.222 e. The topological polar surface area (TPSA) is 60.0 Å². The first-order valence-electron chi connectivity index (χ1n) is 10.3. The van der Waals surface area contributed by atoms with E-state index < -0.39 is 0 Å². The van der Waals surface area contributed by atoms with Gasteiger partial charge in [-0.3, -0.25) is 9.79 Å². The average molecular weight is 499 g/mol. The Balaban J connectivity index is 0.00000280. The van der Waals surface area contributed by atoms with Gasteiger partial charge in [0, 0.05) is 57.4 Å². The number of carbonyl (C=O) groups is 1. The molecule has 3 rings (SSSR count). The number of anilines is 1. The van der Waals surface area contributed by atoms with Gasteiger partial charge >= 0.3 is 0 Å². The van der Waals surface area contributed by atoms with Gasteiger partial charge in [0.15, 0.2) is 5.96 Å². The summed E-state index contributed by atoms with van der Waals surface area (Å²) in [6.45, 7) is 5.97. The minimum Gasteiger partial charge on any atom is -0.369 e. The van der Waals surface area contributed by atoms with Gasteiger partial charge in [0.2, 0.25) is 5.91 Å². The van der Waals surface area contributed by atoms with Crippen LogP contribution in [0, 0.1) is 0 Å². The number of hydrogen-bond donors (Lipinski definition) is 2. The maximum atomic E-state index is 12.0. The van der Waals surface area contributed by atoms with Gasteiger partial charge in [0.1, 0.15) is 0 Å². The molecule has 0 spiro atoms. The summed E-state index contributed by atoms with van der Waals surface area (Å²) >= 11 is 0. The SMILES string of the molecule is CCC(CCNC(=NC)NC1CCN(c2ccccc2)C1)N1CCCC1=O.I. The van der Waals surface area contributed by atoms with E-state index in [0.29, 0.717) is 24.4 Å². The van der Waals surface area contributed by atoms with Crippen LogP contribution in [0.2, 0.25) is 0 Å². The highest BCUT2D eigenvalue weighted by atomic mass is 127. The number of benzene rings is 1. The van der Waals surface area contributed by atoms with E-state index in [1.807, 2.05) is 7.05 Å². The number of hydrogen-bond acceptors (Lipinski definition) is 3. The Morgan fingerprint density at radius 1 is 1.29 bits per heavy atom. The van der Waals surface area contributed by atoms with Gasteiger partial charge in [-0.2, -0.15) is 0 Å². The Morgan fingerprint density at radius 2 is 2.07 bits per heavy atom. The number of halogens is 1. The molecule has 6 nitrogen and oxygen atoms in total. The van der Waals surface area contributed by atoms with Crippen LogP contribution in [0.4, 0.5) is 5.69 Å². The Morgan fingerprint density at radius 3 is 2.71 bits per heavy atom. The molecule has 1 amide bonds. The fraction of sp³-hybridized carbons (Fsp3) is 0.619. The predicted molar refractivity (Wildman–Crippen MR) is 127 cm³/mol. The summed E-state index contributed by atoms with van der Waals surface area (Å²) in [5, 5.41) is 6.99. The minimum atomic E-state index is 0. The second-order valence-corrected chi connectivity index (χ2v) is 7.45. The van der Waals surface area contributed by atoms with Gasteiger partial charge < -0.3 is 20.4 Å². The average Bonchev–Trinajstić information content (AvgIpc) is 3.34. The fourth-order valence-corrected chi connectivity index (χ4v) is 4.13. The van der Waals surface area contributed by atoms with E-state index in [9.17, 15) is 4.79 Å². The van der Waals surface area contributed by atoms with Crippen molar-refractivity contribution in [2.75, 3.05) is 38.1 Å². The third kappa shape index (κ3) is 5.99. The first kappa shape index (κ1) is 22.8. The number of likely N-dealkylation sites (tertiary alicyclic amines) is 1. The van der Waals surface area contributed by atoms with E-state index in [1.165, 1.54) is 5.69 Å². The molecule has 0 radical (unpaired) electrons.